The van der Waals surface area contributed by atoms with Crippen LogP contribution in [0, 0.1) is 12.7 Å². The second-order valence-electron chi connectivity index (χ2n) is 4.76. The lowest BCUT2D eigenvalue weighted by Gasteiger charge is -2.07. The number of hydroxylamine groups is 1. The van der Waals surface area contributed by atoms with E-state index in [1.807, 2.05) is 0 Å². The van der Waals surface area contributed by atoms with Gasteiger partial charge < -0.3 is 5.32 Å². The Balaban J connectivity index is 2.28. The molecule has 0 atom stereocenters. The number of hydrogen-bond acceptors (Lipinski definition) is 5. The number of carbonyl (C=O) groups excluding carboxylic acids is 2. The summed E-state index contributed by atoms with van der Waals surface area (Å²) in [7, 11) is 0. The van der Waals surface area contributed by atoms with Gasteiger partial charge in [0.2, 0.25) is 5.91 Å². The van der Waals surface area contributed by atoms with Crippen LogP contribution in [0.4, 0.5) is 9.18 Å². The number of unbranched alkanes of at least 4 members (excludes halogenated alkanes) is 3. The number of aromatic nitrogens is 2. The van der Waals surface area contributed by atoms with Crippen molar-refractivity contribution < 1.29 is 19.2 Å². The van der Waals surface area contributed by atoms with Gasteiger partial charge in [-0.15, -0.1) is 0 Å². The Morgan fingerprint density at radius 1 is 1.32 bits per heavy atom. The van der Waals surface area contributed by atoms with Gasteiger partial charge in [0.15, 0.2) is 5.82 Å². The predicted molar refractivity (Wildman–Crippen MR) is 75.0 cm³/mol. The zero-order chi connectivity index (χ0) is 16.5. The monoisotopic (exact) mass is 314 g/mol. The topological polar surface area (TPSA) is 113 Å². The molecular weight excluding hydrogens is 295 g/mol. The number of nitrogens with zero attached hydrogens (tertiary/aromatic N) is 2. The molecule has 8 nitrogen and oxygen atoms in total. The number of hydrogen-bond donors (Lipinski definition) is 3. The summed E-state index contributed by atoms with van der Waals surface area (Å²) in [6.07, 6.45) is 3.88. The molecule has 1 aromatic rings. The van der Waals surface area contributed by atoms with Gasteiger partial charge in [-0.3, -0.25) is 10.0 Å². The molecule has 1 rings (SSSR count). The molecule has 0 aliphatic rings. The Hall–Kier alpha value is -2.29. The molecule has 0 spiro atoms. The van der Waals surface area contributed by atoms with Crippen LogP contribution in [0.1, 0.15) is 37.8 Å². The maximum absolute atomic E-state index is 13.3. The Bertz CT molecular complexity index is 588. The standard InChI is InChI=1S/C13H19FN4O4/c1-9-10(14)8-18(13(21)16-9)12(20)15-7-5-3-2-4-6-11(19)17-22/h8,22H,2-7H2,1H3,(H,15,20)(H,17,19). The smallest absolute Gasteiger partial charge is 0.337 e. The Kier molecular flexibility index (Phi) is 7.17. The molecule has 0 saturated carbocycles. The van der Waals surface area contributed by atoms with Crippen molar-refractivity contribution in [3.8, 4) is 0 Å². The number of halogens is 1. The van der Waals surface area contributed by atoms with Crippen molar-refractivity contribution in [2.24, 2.45) is 0 Å². The van der Waals surface area contributed by atoms with Crippen molar-refractivity contribution in [3.63, 3.8) is 0 Å². The Morgan fingerprint density at radius 2 is 2.00 bits per heavy atom. The van der Waals surface area contributed by atoms with Crippen molar-refractivity contribution in [1.29, 1.82) is 0 Å². The van der Waals surface area contributed by atoms with E-state index in [1.54, 1.807) is 5.48 Å². The van der Waals surface area contributed by atoms with Gasteiger partial charge in [-0.05, 0) is 19.8 Å². The van der Waals surface area contributed by atoms with Gasteiger partial charge in [-0.2, -0.15) is 4.98 Å². The van der Waals surface area contributed by atoms with Crippen LogP contribution in [-0.4, -0.2) is 33.2 Å². The lowest BCUT2D eigenvalue weighted by molar-refractivity contribution is -0.129. The summed E-state index contributed by atoms with van der Waals surface area (Å²) >= 11 is 0. The van der Waals surface area contributed by atoms with Gasteiger partial charge in [-0.1, -0.05) is 12.8 Å². The molecule has 0 unspecified atom stereocenters. The average molecular weight is 314 g/mol. The van der Waals surface area contributed by atoms with E-state index in [2.05, 4.69) is 10.3 Å². The highest BCUT2D eigenvalue weighted by Crippen LogP contribution is 2.02. The third-order valence-corrected chi connectivity index (χ3v) is 3.01. The average Bonchev–Trinajstić information content (AvgIpc) is 2.49. The molecule has 9 heteroatoms. The fourth-order valence-corrected chi connectivity index (χ4v) is 1.76. The highest BCUT2D eigenvalue weighted by Gasteiger charge is 2.10. The lowest BCUT2D eigenvalue weighted by atomic mass is 10.1. The number of amides is 2. The van der Waals surface area contributed by atoms with E-state index < -0.39 is 23.4 Å². The maximum Gasteiger partial charge on any atom is 0.356 e. The van der Waals surface area contributed by atoms with Gasteiger partial charge in [0, 0.05) is 13.0 Å². The zero-order valence-electron chi connectivity index (χ0n) is 12.3. The van der Waals surface area contributed by atoms with Crippen LogP contribution in [0.5, 0.6) is 0 Å². The fourth-order valence-electron chi connectivity index (χ4n) is 1.76. The van der Waals surface area contributed by atoms with E-state index in [-0.39, 0.29) is 12.1 Å². The third kappa shape index (κ3) is 5.60. The first-order chi connectivity index (χ1) is 10.5. The fraction of sp³-hybridized carbons (Fsp3) is 0.538. The lowest BCUT2D eigenvalue weighted by Crippen LogP contribution is -2.38. The van der Waals surface area contributed by atoms with Crippen molar-refractivity contribution in [2.45, 2.75) is 39.0 Å². The second kappa shape index (κ2) is 8.88. The van der Waals surface area contributed by atoms with Gasteiger partial charge in [-0.25, -0.2) is 24.0 Å². The quantitative estimate of drug-likeness (QED) is 0.389. The normalized spacial score (nSPS) is 10.3. The van der Waals surface area contributed by atoms with E-state index in [9.17, 15) is 18.8 Å². The van der Waals surface area contributed by atoms with Crippen molar-refractivity contribution in [1.82, 2.24) is 20.3 Å². The Morgan fingerprint density at radius 3 is 2.68 bits per heavy atom. The molecule has 0 aromatic carbocycles. The van der Waals surface area contributed by atoms with Crippen LogP contribution in [0.25, 0.3) is 0 Å². The number of carbonyl (C=O) groups is 2. The highest BCUT2D eigenvalue weighted by atomic mass is 19.1. The zero-order valence-corrected chi connectivity index (χ0v) is 12.3. The first kappa shape index (κ1) is 17.8. The van der Waals surface area contributed by atoms with Gasteiger partial charge >= 0.3 is 11.7 Å². The second-order valence-corrected chi connectivity index (χ2v) is 4.76. The van der Waals surface area contributed by atoms with Crippen LogP contribution in [-0.2, 0) is 4.79 Å². The molecule has 0 radical (unpaired) electrons. The minimum atomic E-state index is -0.827. The summed E-state index contributed by atoms with van der Waals surface area (Å²) < 4.78 is 13.9. The molecule has 0 aliphatic carbocycles. The number of aryl methyl sites for hydroxylation is 1. The SMILES string of the molecule is Cc1nc(=O)n(C(=O)NCCCCCCC(=O)NO)cc1F. The summed E-state index contributed by atoms with van der Waals surface area (Å²) in [6, 6.07) is -0.726. The summed E-state index contributed by atoms with van der Waals surface area (Å²) in [5.41, 5.74) is 0.667. The van der Waals surface area contributed by atoms with Crippen molar-refractivity contribution >= 4 is 11.9 Å². The first-order valence-corrected chi connectivity index (χ1v) is 6.92. The minimum absolute atomic E-state index is 0.0547. The first-order valence-electron chi connectivity index (χ1n) is 6.92. The molecule has 22 heavy (non-hydrogen) atoms. The van der Waals surface area contributed by atoms with E-state index in [0.29, 0.717) is 24.0 Å². The Labute approximate surface area is 126 Å². The molecule has 0 bridgehead atoms. The van der Waals surface area contributed by atoms with Gasteiger partial charge in [0.1, 0.15) is 0 Å². The van der Waals surface area contributed by atoms with E-state index in [4.69, 9.17) is 5.21 Å². The molecule has 0 saturated heterocycles. The van der Waals surface area contributed by atoms with E-state index in [0.717, 1.165) is 19.0 Å². The summed E-state index contributed by atoms with van der Waals surface area (Å²) in [5.74, 6) is -1.15. The molecule has 1 aromatic heterocycles. The van der Waals surface area contributed by atoms with Crippen LogP contribution in [0.2, 0.25) is 0 Å². The predicted octanol–water partition coefficient (Wildman–Crippen LogP) is 0.704. The highest BCUT2D eigenvalue weighted by molar-refractivity contribution is 5.76. The summed E-state index contributed by atoms with van der Waals surface area (Å²) in [6.45, 7) is 1.67. The third-order valence-electron chi connectivity index (χ3n) is 3.01. The van der Waals surface area contributed by atoms with Crippen molar-refractivity contribution in [2.75, 3.05) is 6.54 Å². The van der Waals surface area contributed by atoms with Gasteiger partial charge in [0.25, 0.3) is 0 Å². The molecular formula is C13H19FN4O4. The molecule has 3 N–H and O–H groups in total. The van der Waals surface area contributed by atoms with Crippen LogP contribution >= 0.6 is 0 Å². The van der Waals surface area contributed by atoms with Crippen molar-refractivity contribution in [3.05, 3.63) is 28.2 Å². The minimum Gasteiger partial charge on any atom is -0.337 e. The summed E-state index contributed by atoms with van der Waals surface area (Å²) in [4.78, 5) is 37.3. The molecule has 122 valence electrons. The van der Waals surface area contributed by atoms with Crippen LogP contribution < -0.4 is 16.5 Å². The van der Waals surface area contributed by atoms with E-state index in [1.165, 1.54) is 6.92 Å². The van der Waals surface area contributed by atoms with E-state index >= 15 is 0 Å². The van der Waals surface area contributed by atoms with Gasteiger partial charge in [0.05, 0.1) is 11.9 Å². The number of nitrogens with one attached hydrogen (secondary N) is 2. The largest absolute Gasteiger partial charge is 0.356 e. The number of rotatable bonds is 7. The van der Waals surface area contributed by atoms with Crippen LogP contribution in [0.3, 0.4) is 0 Å². The molecule has 2 amide bonds. The maximum atomic E-state index is 13.3. The summed E-state index contributed by atoms with van der Waals surface area (Å²) in [5, 5.41) is 10.8. The molecule has 0 aliphatic heterocycles. The molecule has 0 fully saturated rings. The van der Waals surface area contributed by atoms with Crippen LogP contribution in [0.15, 0.2) is 11.0 Å². The molecule has 1 heterocycles.